The summed E-state index contributed by atoms with van der Waals surface area (Å²) in [5, 5.41) is 0. The van der Waals surface area contributed by atoms with Crippen LogP contribution in [0.5, 0.6) is 0 Å². The Balaban J connectivity index is 1.54. The van der Waals surface area contributed by atoms with Gasteiger partial charge in [-0.15, -0.1) is 0 Å². The van der Waals surface area contributed by atoms with E-state index in [4.69, 9.17) is 0 Å². The van der Waals surface area contributed by atoms with Crippen molar-refractivity contribution in [2.75, 3.05) is 0 Å². The van der Waals surface area contributed by atoms with Crippen LogP contribution in [0.3, 0.4) is 0 Å². The molecule has 1 saturated carbocycles. The highest BCUT2D eigenvalue weighted by atomic mass is 14.9. The van der Waals surface area contributed by atoms with Crippen LogP contribution in [0.25, 0.3) is 11.1 Å². The van der Waals surface area contributed by atoms with Crippen LogP contribution >= 0.6 is 0 Å². The van der Waals surface area contributed by atoms with Gasteiger partial charge in [0.05, 0.1) is 0 Å². The fourth-order valence-corrected chi connectivity index (χ4v) is 3.86. The smallest absolute Gasteiger partial charge is 0.131 e. The Morgan fingerprint density at radius 1 is 0.800 bits per heavy atom. The molecule has 0 aliphatic heterocycles. The lowest BCUT2D eigenvalue weighted by Gasteiger charge is -2.20. The van der Waals surface area contributed by atoms with Gasteiger partial charge in [-0.1, -0.05) is 76.1 Å². The van der Waals surface area contributed by atoms with E-state index in [1.165, 1.54) is 81.8 Å². The molecular weight excluding hydrogens is 304 g/mol. The first-order valence-corrected chi connectivity index (χ1v) is 10.3. The molecule has 2 nitrogen and oxygen atoms in total. The van der Waals surface area contributed by atoms with Crippen LogP contribution in [0.15, 0.2) is 36.7 Å². The molecule has 134 valence electrons. The van der Waals surface area contributed by atoms with Crippen molar-refractivity contribution in [3.8, 4) is 11.1 Å². The maximum absolute atomic E-state index is 4.67. The first-order chi connectivity index (χ1) is 12.4. The molecule has 0 N–H and O–H groups in total. The Labute approximate surface area is 153 Å². The van der Waals surface area contributed by atoms with Crippen LogP contribution in [0.2, 0.25) is 0 Å². The van der Waals surface area contributed by atoms with Gasteiger partial charge in [-0.25, -0.2) is 9.97 Å². The molecule has 3 rings (SSSR count). The first kappa shape index (κ1) is 18.1. The summed E-state index contributed by atoms with van der Waals surface area (Å²) in [6.07, 6.45) is 18.5. The summed E-state index contributed by atoms with van der Waals surface area (Å²) in [5.74, 6) is 1.63. The monoisotopic (exact) mass is 336 g/mol. The van der Waals surface area contributed by atoms with Gasteiger partial charge < -0.3 is 0 Å². The zero-order valence-corrected chi connectivity index (χ0v) is 15.7. The molecule has 0 amide bonds. The lowest BCUT2D eigenvalue weighted by atomic mass is 9.88. The SMILES string of the molecule is CCCCCCCc1ccc(-c2cnc(C3CCCCC3)nc2)cc1. The molecule has 0 atom stereocenters. The lowest BCUT2D eigenvalue weighted by Crippen LogP contribution is -2.08. The predicted octanol–water partition coefficient (Wildman–Crippen LogP) is 6.70. The Morgan fingerprint density at radius 3 is 2.16 bits per heavy atom. The molecule has 2 aromatic rings. The molecule has 1 aliphatic rings. The van der Waals surface area contributed by atoms with E-state index in [1.54, 1.807) is 0 Å². The average molecular weight is 337 g/mol. The van der Waals surface area contributed by atoms with Crippen molar-refractivity contribution < 1.29 is 0 Å². The highest BCUT2D eigenvalue weighted by Crippen LogP contribution is 2.31. The zero-order chi connectivity index (χ0) is 17.3. The van der Waals surface area contributed by atoms with Crippen molar-refractivity contribution in [1.82, 2.24) is 9.97 Å². The second-order valence-corrected chi connectivity index (χ2v) is 7.53. The van der Waals surface area contributed by atoms with Crippen molar-refractivity contribution in [2.45, 2.75) is 83.5 Å². The maximum atomic E-state index is 4.67. The Morgan fingerprint density at radius 2 is 1.48 bits per heavy atom. The summed E-state index contributed by atoms with van der Waals surface area (Å²) in [4.78, 5) is 9.34. The van der Waals surface area contributed by atoms with Gasteiger partial charge in [0.2, 0.25) is 0 Å². The molecule has 0 spiro atoms. The van der Waals surface area contributed by atoms with Gasteiger partial charge >= 0.3 is 0 Å². The standard InChI is InChI=1S/C23H32N2/c1-2-3-4-5-7-10-19-13-15-20(16-14-19)22-17-24-23(25-18-22)21-11-8-6-9-12-21/h13-18,21H,2-12H2,1H3. The molecule has 0 unspecified atom stereocenters. The quantitative estimate of drug-likeness (QED) is 0.501. The summed E-state index contributed by atoms with van der Waals surface area (Å²) < 4.78 is 0. The van der Waals surface area contributed by atoms with Crippen molar-refractivity contribution in [1.29, 1.82) is 0 Å². The molecule has 2 heteroatoms. The largest absolute Gasteiger partial charge is 0.240 e. The molecule has 0 radical (unpaired) electrons. The van der Waals surface area contributed by atoms with Crippen molar-refractivity contribution in [3.05, 3.63) is 48.0 Å². The van der Waals surface area contributed by atoms with E-state index in [0.29, 0.717) is 5.92 Å². The minimum absolute atomic E-state index is 0.581. The minimum atomic E-state index is 0.581. The van der Waals surface area contributed by atoms with Crippen molar-refractivity contribution in [2.24, 2.45) is 0 Å². The maximum Gasteiger partial charge on any atom is 0.131 e. The van der Waals surface area contributed by atoms with Gasteiger partial charge in [-0.2, -0.15) is 0 Å². The van der Waals surface area contributed by atoms with Gasteiger partial charge in [0.25, 0.3) is 0 Å². The molecule has 1 aromatic heterocycles. The molecular formula is C23H32N2. The summed E-state index contributed by atoms with van der Waals surface area (Å²) >= 11 is 0. The van der Waals surface area contributed by atoms with Gasteiger partial charge in [0, 0.05) is 23.9 Å². The van der Waals surface area contributed by atoms with E-state index < -0.39 is 0 Å². The van der Waals surface area contributed by atoms with Crippen LogP contribution in [0.1, 0.15) is 88.4 Å². The van der Waals surface area contributed by atoms with E-state index in [0.717, 1.165) is 11.4 Å². The van der Waals surface area contributed by atoms with Crippen LogP contribution in [0, 0.1) is 0 Å². The fraction of sp³-hybridized carbons (Fsp3) is 0.565. The summed E-state index contributed by atoms with van der Waals surface area (Å²) in [6.45, 7) is 2.27. The predicted molar refractivity (Wildman–Crippen MR) is 106 cm³/mol. The molecule has 1 aromatic carbocycles. The number of rotatable bonds is 8. The summed E-state index contributed by atoms with van der Waals surface area (Å²) in [6, 6.07) is 8.98. The molecule has 1 fully saturated rings. The summed E-state index contributed by atoms with van der Waals surface area (Å²) in [7, 11) is 0. The van der Waals surface area contributed by atoms with Gasteiger partial charge in [-0.3, -0.25) is 0 Å². The topological polar surface area (TPSA) is 25.8 Å². The normalized spacial score (nSPS) is 15.4. The Bertz CT molecular complexity index is 610. The number of aromatic nitrogens is 2. The van der Waals surface area contributed by atoms with E-state index in [9.17, 15) is 0 Å². The zero-order valence-electron chi connectivity index (χ0n) is 15.7. The molecule has 0 saturated heterocycles. The van der Waals surface area contributed by atoms with Crippen LogP contribution in [-0.2, 0) is 6.42 Å². The third-order valence-electron chi connectivity index (χ3n) is 5.50. The van der Waals surface area contributed by atoms with Gasteiger partial charge in [0.1, 0.15) is 5.82 Å². The second kappa shape index (κ2) is 9.70. The van der Waals surface area contributed by atoms with E-state index in [-0.39, 0.29) is 0 Å². The fourth-order valence-electron chi connectivity index (χ4n) is 3.86. The number of unbranched alkanes of at least 4 members (excludes halogenated alkanes) is 4. The number of benzene rings is 1. The molecule has 25 heavy (non-hydrogen) atoms. The first-order valence-electron chi connectivity index (χ1n) is 10.3. The van der Waals surface area contributed by atoms with E-state index >= 15 is 0 Å². The molecule has 0 bridgehead atoms. The Hall–Kier alpha value is -1.70. The minimum Gasteiger partial charge on any atom is -0.240 e. The molecule has 1 heterocycles. The van der Waals surface area contributed by atoms with Crippen LogP contribution < -0.4 is 0 Å². The van der Waals surface area contributed by atoms with E-state index in [1.807, 2.05) is 12.4 Å². The van der Waals surface area contributed by atoms with Crippen LogP contribution in [-0.4, -0.2) is 9.97 Å². The molecule has 1 aliphatic carbocycles. The van der Waals surface area contributed by atoms with Gasteiger partial charge in [-0.05, 0) is 36.8 Å². The number of hydrogen-bond donors (Lipinski definition) is 0. The number of aryl methyl sites for hydroxylation is 1. The van der Waals surface area contributed by atoms with Crippen molar-refractivity contribution >= 4 is 0 Å². The highest BCUT2D eigenvalue weighted by molar-refractivity contribution is 5.61. The van der Waals surface area contributed by atoms with Crippen LogP contribution in [0.4, 0.5) is 0 Å². The van der Waals surface area contributed by atoms with E-state index in [2.05, 4.69) is 41.2 Å². The number of hydrogen-bond acceptors (Lipinski definition) is 2. The van der Waals surface area contributed by atoms with Gasteiger partial charge in [0.15, 0.2) is 0 Å². The average Bonchev–Trinajstić information content (AvgIpc) is 2.69. The highest BCUT2D eigenvalue weighted by Gasteiger charge is 2.17. The second-order valence-electron chi connectivity index (χ2n) is 7.53. The lowest BCUT2D eigenvalue weighted by molar-refractivity contribution is 0.428. The van der Waals surface area contributed by atoms with Crippen molar-refractivity contribution in [3.63, 3.8) is 0 Å². The summed E-state index contributed by atoms with van der Waals surface area (Å²) in [5.41, 5.74) is 3.80. The third-order valence-corrected chi connectivity index (χ3v) is 5.50. The third kappa shape index (κ3) is 5.39. The number of nitrogens with zero attached hydrogens (tertiary/aromatic N) is 2. The Kier molecular flexibility index (Phi) is 7.02.